The van der Waals surface area contributed by atoms with E-state index in [1.54, 1.807) is 7.11 Å². The van der Waals surface area contributed by atoms with Gasteiger partial charge in [-0.25, -0.2) is 0 Å². The molecule has 1 saturated heterocycles. The van der Waals surface area contributed by atoms with Crippen LogP contribution in [0.2, 0.25) is 0 Å². The molecule has 7 heteroatoms. The zero-order chi connectivity index (χ0) is 17.9. The van der Waals surface area contributed by atoms with E-state index >= 15 is 0 Å². The van der Waals surface area contributed by atoms with E-state index in [0.717, 1.165) is 43.4 Å². The molecule has 0 spiro atoms. The molecule has 1 saturated carbocycles. The molecule has 2 fully saturated rings. The molecule has 26 heavy (non-hydrogen) atoms. The van der Waals surface area contributed by atoms with E-state index in [-0.39, 0.29) is 24.0 Å². The van der Waals surface area contributed by atoms with Gasteiger partial charge in [0.25, 0.3) is 0 Å². The number of hydrogen-bond donors (Lipinski definition) is 2. The van der Waals surface area contributed by atoms with Crippen molar-refractivity contribution >= 4 is 41.7 Å². The zero-order valence-corrected chi connectivity index (χ0v) is 20.0. The summed E-state index contributed by atoms with van der Waals surface area (Å²) >= 11 is 2.11. The van der Waals surface area contributed by atoms with E-state index in [1.165, 1.54) is 50.9 Å². The first kappa shape index (κ1) is 24.3. The predicted molar refractivity (Wildman–Crippen MR) is 125 cm³/mol. The molecule has 5 nitrogen and oxygen atoms in total. The van der Waals surface area contributed by atoms with Crippen molar-refractivity contribution < 1.29 is 4.74 Å². The third-order valence-corrected chi connectivity index (χ3v) is 6.53. The second kappa shape index (κ2) is 14.3. The Morgan fingerprint density at radius 1 is 1.19 bits per heavy atom. The van der Waals surface area contributed by atoms with E-state index in [0.29, 0.717) is 6.04 Å². The van der Waals surface area contributed by atoms with Crippen LogP contribution in [0, 0.1) is 5.92 Å². The number of halogens is 1. The number of guanidine groups is 1. The lowest BCUT2D eigenvalue weighted by molar-refractivity contribution is 0.121. The minimum Gasteiger partial charge on any atom is -0.383 e. The lowest BCUT2D eigenvalue weighted by Gasteiger charge is -2.31. The highest BCUT2D eigenvalue weighted by molar-refractivity contribution is 14.0. The first-order valence-corrected chi connectivity index (χ1v) is 11.2. The summed E-state index contributed by atoms with van der Waals surface area (Å²) in [6.07, 6.45) is 6.41. The van der Waals surface area contributed by atoms with E-state index < -0.39 is 0 Å². The first-order chi connectivity index (χ1) is 12.2. The molecule has 1 heterocycles. The van der Waals surface area contributed by atoms with Crippen LogP contribution in [0.3, 0.4) is 0 Å². The molecule has 2 unspecified atom stereocenters. The highest BCUT2D eigenvalue weighted by atomic mass is 127. The maximum Gasteiger partial charge on any atom is 0.191 e. The monoisotopic (exact) mass is 498 g/mol. The number of nitrogens with one attached hydrogen (secondary N) is 2. The molecule has 2 atom stereocenters. The van der Waals surface area contributed by atoms with Gasteiger partial charge in [0.05, 0.1) is 6.61 Å². The van der Waals surface area contributed by atoms with E-state index in [1.807, 2.05) is 0 Å². The highest BCUT2D eigenvalue weighted by Gasteiger charge is 2.25. The van der Waals surface area contributed by atoms with E-state index in [4.69, 9.17) is 9.73 Å². The zero-order valence-electron chi connectivity index (χ0n) is 16.8. The second-order valence-electron chi connectivity index (χ2n) is 7.23. The number of rotatable bonds is 9. The molecule has 2 N–H and O–H groups in total. The molecule has 2 rings (SSSR count). The summed E-state index contributed by atoms with van der Waals surface area (Å²) in [5.41, 5.74) is 0. The van der Waals surface area contributed by atoms with Crippen molar-refractivity contribution in [3.05, 3.63) is 0 Å². The topological polar surface area (TPSA) is 48.9 Å². The molecular weight excluding hydrogens is 459 g/mol. The van der Waals surface area contributed by atoms with Gasteiger partial charge >= 0.3 is 0 Å². The average molecular weight is 499 g/mol. The Bertz CT molecular complexity index is 392. The van der Waals surface area contributed by atoms with Crippen LogP contribution in [0.25, 0.3) is 0 Å². The minimum absolute atomic E-state index is 0. The van der Waals surface area contributed by atoms with Crippen LogP contribution < -0.4 is 10.6 Å². The summed E-state index contributed by atoms with van der Waals surface area (Å²) < 4.78 is 5.18. The summed E-state index contributed by atoms with van der Waals surface area (Å²) in [4.78, 5) is 7.41. The normalized spacial score (nSPS) is 25.1. The number of likely N-dealkylation sites (tertiary alicyclic amines) is 1. The molecule has 2 aliphatic rings. The molecule has 0 aromatic carbocycles. The maximum atomic E-state index is 5.18. The van der Waals surface area contributed by atoms with E-state index in [2.05, 4.69) is 41.1 Å². The van der Waals surface area contributed by atoms with Gasteiger partial charge in [-0.05, 0) is 63.8 Å². The van der Waals surface area contributed by atoms with Gasteiger partial charge in [0.1, 0.15) is 0 Å². The summed E-state index contributed by atoms with van der Waals surface area (Å²) in [6.45, 7) is 10.6. The fourth-order valence-corrected chi connectivity index (χ4v) is 4.95. The number of methoxy groups -OCH3 is 1. The fourth-order valence-electron chi connectivity index (χ4n) is 3.81. The maximum absolute atomic E-state index is 5.18. The number of nitrogens with zero attached hydrogens (tertiary/aromatic N) is 2. The minimum atomic E-state index is 0. The summed E-state index contributed by atoms with van der Waals surface area (Å²) in [6, 6.07) is 0.595. The number of aliphatic imine (C=N–C) groups is 1. The number of hydrogen-bond acceptors (Lipinski definition) is 4. The molecule has 0 bridgehead atoms. The largest absolute Gasteiger partial charge is 0.383 e. The molecule has 0 aromatic rings. The molecule has 1 aliphatic heterocycles. The Morgan fingerprint density at radius 3 is 2.62 bits per heavy atom. The van der Waals surface area contributed by atoms with Gasteiger partial charge in [-0.3, -0.25) is 4.99 Å². The van der Waals surface area contributed by atoms with Crippen molar-refractivity contribution in [1.29, 1.82) is 0 Å². The Labute approximate surface area is 181 Å². The first-order valence-electron chi connectivity index (χ1n) is 10.1. The van der Waals surface area contributed by atoms with Gasteiger partial charge < -0.3 is 20.3 Å². The molecule has 154 valence electrons. The van der Waals surface area contributed by atoms with Crippen molar-refractivity contribution in [3.8, 4) is 0 Å². The SMILES string of the molecule is CCNC(=NCC1CCN(CCOC)CC1)NC1CCC(SCC)C1.I. The van der Waals surface area contributed by atoms with Gasteiger partial charge in [-0.1, -0.05) is 6.92 Å². The smallest absolute Gasteiger partial charge is 0.191 e. The lowest BCUT2D eigenvalue weighted by Crippen LogP contribution is -2.43. The van der Waals surface area contributed by atoms with Crippen LogP contribution in [-0.2, 0) is 4.74 Å². The Balaban J connectivity index is 0.00000338. The third-order valence-electron chi connectivity index (χ3n) is 5.30. The van der Waals surface area contributed by atoms with Gasteiger partial charge in [0.15, 0.2) is 5.96 Å². The Morgan fingerprint density at radius 2 is 1.96 bits per heavy atom. The van der Waals surface area contributed by atoms with E-state index in [9.17, 15) is 0 Å². The van der Waals surface area contributed by atoms with Crippen molar-refractivity contribution in [2.45, 2.75) is 57.2 Å². The van der Waals surface area contributed by atoms with Crippen LogP contribution in [0.4, 0.5) is 0 Å². The Kier molecular flexibility index (Phi) is 13.4. The lowest BCUT2D eigenvalue weighted by atomic mass is 9.97. The molecule has 0 amide bonds. The molecule has 1 aliphatic carbocycles. The molecule has 0 aromatic heterocycles. The number of ether oxygens (including phenoxy) is 1. The Hall–Kier alpha value is 0.270. The molecular formula is C19H39IN4OS. The van der Waals surface area contributed by atoms with Crippen molar-refractivity contribution in [2.24, 2.45) is 10.9 Å². The highest BCUT2D eigenvalue weighted by Crippen LogP contribution is 2.29. The van der Waals surface area contributed by atoms with Crippen molar-refractivity contribution in [1.82, 2.24) is 15.5 Å². The standard InChI is InChI=1S/C19H38N4OS.HI/c1-4-20-19(22-17-6-7-18(14-17)25-5-2)21-15-16-8-10-23(11-9-16)12-13-24-3;/h16-18H,4-15H2,1-3H3,(H2,20,21,22);1H. The van der Waals surface area contributed by atoms with Crippen LogP contribution >= 0.6 is 35.7 Å². The predicted octanol–water partition coefficient (Wildman–Crippen LogP) is 3.19. The number of thioether (sulfide) groups is 1. The van der Waals surface area contributed by atoms with Crippen molar-refractivity contribution in [2.75, 3.05) is 52.2 Å². The van der Waals surface area contributed by atoms with Crippen LogP contribution in [0.5, 0.6) is 0 Å². The summed E-state index contributed by atoms with van der Waals surface area (Å²) in [5.74, 6) is 2.98. The summed E-state index contributed by atoms with van der Waals surface area (Å²) in [7, 11) is 1.78. The number of piperidine rings is 1. The van der Waals surface area contributed by atoms with Crippen LogP contribution in [0.1, 0.15) is 46.0 Å². The second-order valence-corrected chi connectivity index (χ2v) is 8.81. The van der Waals surface area contributed by atoms with Gasteiger partial charge in [0.2, 0.25) is 0 Å². The molecule has 0 radical (unpaired) electrons. The van der Waals surface area contributed by atoms with Gasteiger partial charge in [-0.2, -0.15) is 11.8 Å². The van der Waals surface area contributed by atoms with Crippen LogP contribution in [-0.4, -0.2) is 74.3 Å². The fraction of sp³-hybridized carbons (Fsp3) is 0.947. The third kappa shape index (κ3) is 8.97. The average Bonchev–Trinajstić information content (AvgIpc) is 3.06. The quantitative estimate of drug-likeness (QED) is 0.291. The summed E-state index contributed by atoms with van der Waals surface area (Å²) in [5, 5.41) is 7.95. The van der Waals surface area contributed by atoms with Crippen LogP contribution in [0.15, 0.2) is 4.99 Å². The van der Waals surface area contributed by atoms with Gasteiger partial charge in [-0.15, -0.1) is 24.0 Å². The van der Waals surface area contributed by atoms with Gasteiger partial charge in [0, 0.05) is 38.0 Å². The van der Waals surface area contributed by atoms with Crippen molar-refractivity contribution in [3.63, 3.8) is 0 Å².